The first kappa shape index (κ1) is 20.5. The van der Waals surface area contributed by atoms with Crippen molar-refractivity contribution in [3.05, 3.63) is 95.3 Å². The van der Waals surface area contributed by atoms with E-state index in [2.05, 4.69) is 85.1 Å². The Morgan fingerprint density at radius 2 is 1.75 bits per heavy atom. The molecule has 3 aromatic carbocycles. The maximum absolute atomic E-state index is 13.0. The zero-order valence-electron chi connectivity index (χ0n) is 18.8. The van der Waals surface area contributed by atoms with Gasteiger partial charge in [0.2, 0.25) is 5.91 Å². The van der Waals surface area contributed by atoms with Crippen molar-refractivity contribution in [1.29, 1.82) is 0 Å². The Bertz CT molecular complexity index is 1260. The maximum Gasteiger partial charge on any atom is 0.227 e. The number of anilines is 1. The lowest BCUT2D eigenvalue weighted by Crippen LogP contribution is -2.25. The Morgan fingerprint density at radius 1 is 0.969 bits per heavy atom. The van der Waals surface area contributed by atoms with E-state index in [1.165, 1.54) is 11.1 Å². The lowest BCUT2D eigenvalue weighted by atomic mass is 10.1. The molecule has 2 heterocycles. The first-order valence-electron chi connectivity index (χ1n) is 11.5. The van der Waals surface area contributed by atoms with E-state index in [9.17, 15) is 4.79 Å². The van der Waals surface area contributed by atoms with Crippen molar-refractivity contribution in [2.45, 2.75) is 45.6 Å². The van der Waals surface area contributed by atoms with Gasteiger partial charge in [-0.25, -0.2) is 4.98 Å². The number of fused-ring (bicyclic) bond motifs is 1. The molecule has 1 fully saturated rings. The Kier molecular flexibility index (Phi) is 5.52. The number of rotatable bonds is 6. The molecule has 1 unspecified atom stereocenters. The first-order chi connectivity index (χ1) is 15.6. The molecule has 1 atom stereocenters. The number of nitrogens with zero attached hydrogens (tertiary/aromatic N) is 3. The van der Waals surface area contributed by atoms with Crippen molar-refractivity contribution in [3.8, 4) is 0 Å². The SMILES string of the molecule is Cc1ccc(N2CC(c3nc4ccccc4n3CCCc3ccccc3)CC2=O)c(C)c1. The highest BCUT2D eigenvalue weighted by Crippen LogP contribution is 2.34. The topological polar surface area (TPSA) is 38.1 Å². The van der Waals surface area contributed by atoms with Crippen LogP contribution in [0, 0.1) is 13.8 Å². The van der Waals surface area contributed by atoms with E-state index in [1.54, 1.807) is 0 Å². The highest BCUT2D eigenvalue weighted by atomic mass is 16.2. The summed E-state index contributed by atoms with van der Waals surface area (Å²) in [6.45, 7) is 5.76. The Labute approximate surface area is 189 Å². The fourth-order valence-corrected chi connectivity index (χ4v) is 4.95. The summed E-state index contributed by atoms with van der Waals surface area (Å²) >= 11 is 0. The molecule has 1 aliphatic rings. The number of carbonyl (C=O) groups excluding carboxylic acids is 1. The van der Waals surface area contributed by atoms with Gasteiger partial charge in [-0.1, -0.05) is 60.2 Å². The smallest absolute Gasteiger partial charge is 0.227 e. The number of amides is 1. The maximum atomic E-state index is 13.0. The molecule has 162 valence electrons. The van der Waals surface area contributed by atoms with Gasteiger partial charge in [-0.05, 0) is 56.0 Å². The molecule has 0 saturated carbocycles. The van der Waals surface area contributed by atoms with Gasteiger partial charge >= 0.3 is 0 Å². The molecule has 1 saturated heterocycles. The van der Waals surface area contributed by atoms with Gasteiger partial charge in [0.05, 0.1) is 11.0 Å². The van der Waals surface area contributed by atoms with Crippen LogP contribution in [-0.4, -0.2) is 22.0 Å². The molecule has 0 radical (unpaired) electrons. The van der Waals surface area contributed by atoms with Crippen LogP contribution >= 0.6 is 0 Å². The minimum atomic E-state index is 0.104. The average Bonchev–Trinajstić information content (AvgIpc) is 3.35. The van der Waals surface area contributed by atoms with Gasteiger partial charge in [0.25, 0.3) is 0 Å². The number of hydrogen-bond acceptors (Lipinski definition) is 2. The van der Waals surface area contributed by atoms with Crippen molar-refractivity contribution < 1.29 is 4.79 Å². The second kappa shape index (κ2) is 8.62. The van der Waals surface area contributed by atoms with Crippen LogP contribution in [0.1, 0.15) is 41.3 Å². The molecule has 0 bridgehead atoms. The quantitative estimate of drug-likeness (QED) is 0.393. The third kappa shape index (κ3) is 3.93. The van der Waals surface area contributed by atoms with Crippen molar-refractivity contribution in [1.82, 2.24) is 9.55 Å². The molecule has 0 N–H and O–H groups in total. The van der Waals surface area contributed by atoms with Crippen LogP contribution in [-0.2, 0) is 17.8 Å². The van der Waals surface area contributed by atoms with E-state index in [0.29, 0.717) is 13.0 Å². The van der Waals surface area contributed by atoms with Crippen LogP contribution in [0.2, 0.25) is 0 Å². The average molecular weight is 424 g/mol. The van der Waals surface area contributed by atoms with E-state index < -0.39 is 0 Å². The second-order valence-corrected chi connectivity index (χ2v) is 8.89. The Hall–Kier alpha value is -3.40. The second-order valence-electron chi connectivity index (χ2n) is 8.89. The van der Waals surface area contributed by atoms with Crippen molar-refractivity contribution in [2.24, 2.45) is 0 Å². The molecule has 4 aromatic rings. The summed E-state index contributed by atoms with van der Waals surface area (Å²) in [5, 5.41) is 0. The van der Waals surface area contributed by atoms with E-state index in [-0.39, 0.29) is 11.8 Å². The molecule has 32 heavy (non-hydrogen) atoms. The summed E-state index contributed by atoms with van der Waals surface area (Å²) in [6, 6.07) is 25.3. The monoisotopic (exact) mass is 423 g/mol. The predicted octanol–water partition coefficient (Wildman–Crippen LogP) is 5.81. The molecule has 4 nitrogen and oxygen atoms in total. The number of aryl methyl sites for hydroxylation is 4. The summed E-state index contributed by atoms with van der Waals surface area (Å²) in [4.78, 5) is 20.0. The molecular formula is C28H29N3O. The number of para-hydroxylation sites is 2. The molecule has 1 aliphatic heterocycles. The molecule has 0 spiro atoms. The van der Waals surface area contributed by atoms with E-state index >= 15 is 0 Å². The van der Waals surface area contributed by atoms with Crippen LogP contribution in [0.4, 0.5) is 5.69 Å². The van der Waals surface area contributed by atoms with Crippen LogP contribution in [0.3, 0.4) is 0 Å². The third-order valence-corrected chi connectivity index (χ3v) is 6.51. The first-order valence-corrected chi connectivity index (χ1v) is 11.5. The molecule has 4 heteroatoms. The lowest BCUT2D eigenvalue weighted by Gasteiger charge is -2.20. The van der Waals surface area contributed by atoms with Gasteiger partial charge in [0, 0.05) is 31.1 Å². The minimum Gasteiger partial charge on any atom is -0.328 e. The standard InChI is InChI=1S/C28H29N3O/c1-20-14-15-25(21(2)17-20)31-19-23(18-27(31)32)28-29-24-12-6-7-13-26(24)30(28)16-8-11-22-9-4-3-5-10-22/h3-7,9-10,12-15,17,23H,8,11,16,18-19H2,1-2H3. The normalized spacial score (nSPS) is 16.2. The lowest BCUT2D eigenvalue weighted by molar-refractivity contribution is -0.117. The van der Waals surface area contributed by atoms with Crippen molar-refractivity contribution >= 4 is 22.6 Å². The Morgan fingerprint density at radius 3 is 2.56 bits per heavy atom. The van der Waals surface area contributed by atoms with Gasteiger partial charge < -0.3 is 9.47 Å². The van der Waals surface area contributed by atoms with Gasteiger partial charge in [-0.2, -0.15) is 0 Å². The molecular weight excluding hydrogens is 394 g/mol. The van der Waals surface area contributed by atoms with Gasteiger partial charge in [-0.3, -0.25) is 4.79 Å². The summed E-state index contributed by atoms with van der Waals surface area (Å²) in [7, 11) is 0. The molecule has 1 aromatic heterocycles. The zero-order valence-corrected chi connectivity index (χ0v) is 18.8. The van der Waals surface area contributed by atoms with Gasteiger partial charge in [0.15, 0.2) is 0 Å². The fourth-order valence-electron chi connectivity index (χ4n) is 4.95. The number of hydrogen-bond donors (Lipinski definition) is 0. The van der Waals surface area contributed by atoms with Crippen LogP contribution < -0.4 is 4.90 Å². The van der Waals surface area contributed by atoms with E-state index in [4.69, 9.17) is 4.98 Å². The summed E-state index contributed by atoms with van der Waals surface area (Å²) in [5.41, 5.74) is 6.92. The van der Waals surface area contributed by atoms with Gasteiger partial charge in [-0.15, -0.1) is 0 Å². The van der Waals surface area contributed by atoms with E-state index in [0.717, 1.165) is 47.5 Å². The van der Waals surface area contributed by atoms with Crippen LogP contribution in [0.25, 0.3) is 11.0 Å². The van der Waals surface area contributed by atoms with Crippen molar-refractivity contribution in [2.75, 3.05) is 11.4 Å². The summed E-state index contributed by atoms with van der Waals surface area (Å²) in [6.07, 6.45) is 2.58. The largest absolute Gasteiger partial charge is 0.328 e. The number of aromatic nitrogens is 2. The highest BCUT2D eigenvalue weighted by molar-refractivity contribution is 5.97. The predicted molar refractivity (Wildman–Crippen MR) is 130 cm³/mol. The molecule has 1 amide bonds. The van der Waals surface area contributed by atoms with E-state index in [1.807, 2.05) is 11.0 Å². The number of carbonyl (C=O) groups is 1. The van der Waals surface area contributed by atoms with Crippen LogP contribution in [0.5, 0.6) is 0 Å². The van der Waals surface area contributed by atoms with Crippen molar-refractivity contribution in [3.63, 3.8) is 0 Å². The summed E-state index contributed by atoms with van der Waals surface area (Å²) < 4.78 is 2.35. The minimum absolute atomic E-state index is 0.104. The van der Waals surface area contributed by atoms with Crippen LogP contribution in [0.15, 0.2) is 72.8 Å². The highest BCUT2D eigenvalue weighted by Gasteiger charge is 2.35. The number of imidazole rings is 1. The molecule has 0 aliphatic carbocycles. The molecule has 5 rings (SSSR count). The number of benzene rings is 3. The third-order valence-electron chi connectivity index (χ3n) is 6.51. The summed E-state index contributed by atoms with van der Waals surface area (Å²) in [5.74, 6) is 1.33. The zero-order chi connectivity index (χ0) is 22.1. The fraction of sp³-hybridized carbons (Fsp3) is 0.286. The Balaban J connectivity index is 1.42. The van der Waals surface area contributed by atoms with Gasteiger partial charge in [0.1, 0.15) is 5.82 Å².